The monoisotopic (exact) mass is 242 g/mol. The first-order valence-corrected chi connectivity index (χ1v) is 7.53. The van der Waals surface area contributed by atoms with E-state index in [-0.39, 0.29) is 11.7 Å². The van der Waals surface area contributed by atoms with Crippen LogP contribution in [0.15, 0.2) is 0 Å². The minimum Gasteiger partial charge on any atom is -0.212 e. The molecule has 0 aromatic heterocycles. The van der Waals surface area contributed by atoms with Gasteiger partial charge in [-0.1, -0.05) is 26.2 Å². The fourth-order valence-electron chi connectivity index (χ4n) is 2.89. The highest BCUT2D eigenvalue weighted by atomic mass is 32.2. The van der Waals surface area contributed by atoms with Crippen molar-refractivity contribution in [2.75, 3.05) is 12.3 Å². The van der Waals surface area contributed by atoms with E-state index < -0.39 is 15.6 Å². The summed E-state index contributed by atoms with van der Waals surface area (Å²) in [4.78, 5) is 0. The third-order valence-corrected chi connectivity index (χ3v) is 5.84. The van der Waals surface area contributed by atoms with Gasteiger partial charge in [0.15, 0.2) is 0 Å². The van der Waals surface area contributed by atoms with E-state index in [0.717, 1.165) is 19.3 Å². The van der Waals surface area contributed by atoms with Crippen LogP contribution in [0.5, 0.6) is 0 Å². The Labute approximate surface area is 97.3 Å². The van der Waals surface area contributed by atoms with Crippen LogP contribution in [0.3, 0.4) is 0 Å². The molecule has 90 valence electrons. The predicted octanol–water partition coefficient (Wildman–Crippen LogP) is 1.49. The fourth-order valence-corrected chi connectivity index (χ4v) is 5.14. The Balaban J connectivity index is 2.32. The Hall–Kier alpha value is -0.600. The molecule has 2 fully saturated rings. The zero-order chi connectivity index (χ0) is 11.8. The zero-order valence-corrected chi connectivity index (χ0v) is 10.5. The molecule has 4 nitrogen and oxygen atoms in total. The molecule has 1 heterocycles. The van der Waals surface area contributed by atoms with E-state index in [0.29, 0.717) is 19.4 Å². The number of nitrogens with zero attached hydrogens (tertiary/aromatic N) is 2. The molecule has 1 aliphatic heterocycles. The lowest BCUT2D eigenvalue weighted by Crippen LogP contribution is -2.49. The summed E-state index contributed by atoms with van der Waals surface area (Å²) in [5, 5.41) is 9.36. The van der Waals surface area contributed by atoms with Gasteiger partial charge >= 0.3 is 0 Å². The standard InChI is InChI=1S/C11H18N2O2S/c1-10-7-13(16(14,15)8-10)11(9-12)5-3-2-4-6-11/h10H,2-8H2,1H3. The molecule has 1 unspecified atom stereocenters. The van der Waals surface area contributed by atoms with Crippen molar-refractivity contribution in [1.82, 2.24) is 4.31 Å². The van der Waals surface area contributed by atoms with E-state index in [1.165, 1.54) is 4.31 Å². The summed E-state index contributed by atoms with van der Waals surface area (Å²) < 4.78 is 25.5. The number of hydrogen-bond acceptors (Lipinski definition) is 3. The molecule has 0 aromatic carbocycles. The molecule has 1 saturated heterocycles. The smallest absolute Gasteiger partial charge is 0.212 e. The van der Waals surface area contributed by atoms with Crippen molar-refractivity contribution < 1.29 is 8.42 Å². The average Bonchev–Trinajstić information content (AvgIpc) is 2.53. The molecule has 2 aliphatic rings. The second kappa shape index (κ2) is 4.01. The molecular weight excluding hydrogens is 224 g/mol. The number of rotatable bonds is 1. The van der Waals surface area contributed by atoms with Crippen molar-refractivity contribution in [3.05, 3.63) is 0 Å². The van der Waals surface area contributed by atoms with Gasteiger partial charge in [-0.3, -0.25) is 0 Å². The lowest BCUT2D eigenvalue weighted by atomic mass is 9.82. The minimum absolute atomic E-state index is 0.150. The van der Waals surface area contributed by atoms with Gasteiger partial charge in [0, 0.05) is 6.54 Å². The van der Waals surface area contributed by atoms with Crippen molar-refractivity contribution in [3.8, 4) is 6.07 Å². The Kier molecular flexibility index (Phi) is 2.97. The third-order valence-electron chi connectivity index (χ3n) is 3.67. The van der Waals surface area contributed by atoms with Gasteiger partial charge in [-0.25, -0.2) is 8.42 Å². The molecule has 0 radical (unpaired) electrons. The van der Waals surface area contributed by atoms with Crippen molar-refractivity contribution in [2.24, 2.45) is 5.92 Å². The molecule has 5 heteroatoms. The Morgan fingerprint density at radius 3 is 2.38 bits per heavy atom. The first-order chi connectivity index (χ1) is 7.50. The van der Waals surface area contributed by atoms with E-state index in [2.05, 4.69) is 6.07 Å². The van der Waals surface area contributed by atoms with Gasteiger partial charge in [0.25, 0.3) is 0 Å². The fraction of sp³-hybridized carbons (Fsp3) is 0.909. The number of nitriles is 1. The summed E-state index contributed by atoms with van der Waals surface area (Å²) in [7, 11) is -3.20. The Morgan fingerprint density at radius 2 is 1.94 bits per heavy atom. The maximum atomic E-state index is 12.0. The molecule has 0 bridgehead atoms. The molecule has 0 amide bonds. The second-order valence-corrected chi connectivity index (χ2v) is 7.06. The molecule has 1 aliphatic carbocycles. The second-order valence-electron chi connectivity index (χ2n) is 5.12. The quantitative estimate of drug-likeness (QED) is 0.700. The summed E-state index contributed by atoms with van der Waals surface area (Å²) in [5.41, 5.74) is -0.734. The first-order valence-electron chi connectivity index (χ1n) is 5.92. The van der Waals surface area contributed by atoms with Crippen molar-refractivity contribution in [1.29, 1.82) is 5.26 Å². The van der Waals surface area contributed by atoms with Gasteiger partial charge in [0.2, 0.25) is 10.0 Å². The number of sulfonamides is 1. The SMILES string of the molecule is CC1CN(C2(C#N)CCCCC2)S(=O)(=O)C1. The highest BCUT2D eigenvalue weighted by molar-refractivity contribution is 7.89. The van der Waals surface area contributed by atoms with Gasteiger partial charge < -0.3 is 0 Å². The summed E-state index contributed by atoms with van der Waals surface area (Å²) in [6, 6.07) is 2.28. The van der Waals surface area contributed by atoms with Crippen LogP contribution in [0, 0.1) is 17.2 Å². The van der Waals surface area contributed by atoms with Crippen LogP contribution in [0.2, 0.25) is 0 Å². The Morgan fingerprint density at radius 1 is 1.31 bits per heavy atom. The minimum atomic E-state index is -3.20. The van der Waals surface area contributed by atoms with Gasteiger partial charge in [0.1, 0.15) is 5.54 Å². The van der Waals surface area contributed by atoms with E-state index in [9.17, 15) is 13.7 Å². The molecule has 0 aromatic rings. The van der Waals surface area contributed by atoms with E-state index in [1.54, 1.807) is 0 Å². The first kappa shape index (κ1) is 11.9. The lowest BCUT2D eigenvalue weighted by Gasteiger charge is -2.37. The maximum Gasteiger partial charge on any atom is 0.215 e. The molecule has 0 spiro atoms. The van der Waals surface area contributed by atoms with E-state index in [4.69, 9.17) is 0 Å². The van der Waals surface area contributed by atoms with Crippen LogP contribution in [0.1, 0.15) is 39.0 Å². The van der Waals surface area contributed by atoms with Gasteiger partial charge in [-0.15, -0.1) is 0 Å². The number of hydrogen-bond donors (Lipinski definition) is 0. The average molecular weight is 242 g/mol. The topological polar surface area (TPSA) is 61.2 Å². The van der Waals surface area contributed by atoms with Crippen molar-refractivity contribution in [3.63, 3.8) is 0 Å². The zero-order valence-electron chi connectivity index (χ0n) is 9.65. The lowest BCUT2D eigenvalue weighted by molar-refractivity contribution is 0.187. The summed E-state index contributed by atoms with van der Waals surface area (Å²) >= 11 is 0. The van der Waals surface area contributed by atoms with Crippen LogP contribution >= 0.6 is 0 Å². The normalized spacial score (nSPS) is 33.4. The summed E-state index contributed by atoms with van der Waals surface area (Å²) in [6.07, 6.45) is 4.46. The van der Waals surface area contributed by atoms with Crippen LogP contribution in [0.25, 0.3) is 0 Å². The largest absolute Gasteiger partial charge is 0.215 e. The van der Waals surface area contributed by atoms with E-state index >= 15 is 0 Å². The van der Waals surface area contributed by atoms with Crippen LogP contribution in [-0.4, -0.2) is 30.6 Å². The highest BCUT2D eigenvalue weighted by Crippen LogP contribution is 2.38. The molecule has 16 heavy (non-hydrogen) atoms. The van der Waals surface area contributed by atoms with Crippen molar-refractivity contribution >= 4 is 10.0 Å². The van der Waals surface area contributed by atoms with Crippen molar-refractivity contribution in [2.45, 2.75) is 44.6 Å². The highest BCUT2D eigenvalue weighted by Gasteiger charge is 2.48. The molecule has 1 saturated carbocycles. The molecular formula is C11H18N2O2S. The summed E-state index contributed by atoms with van der Waals surface area (Å²) in [5.74, 6) is 0.355. The Bertz CT molecular complexity index is 404. The van der Waals surface area contributed by atoms with Gasteiger partial charge in [0.05, 0.1) is 11.8 Å². The van der Waals surface area contributed by atoms with Crippen LogP contribution in [0.4, 0.5) is 0 Å². The summed E-state index contributed by atoms with van der Waals surface area (Å²) in [6.45, 7) is 2.46. The van der Waals surface area contributed by atoms with Crippen LogP contribution < -0.4 is 0 Å². The predicted molar refractivity (Wildman–Crippen MR) is 61.1 cm³/mol. The van der Waals surface area contributed by atoms with Gasteiger partial charge in [-0.2, -0.15) is 9.57 Å². The molecule has 1 atom stereocenters. The van der Waals surface area contributed by atoms with Crippen LogP contribution in [-0.2, 0) is 10.0 Å². The third kappa shape index (κ3) is 1.85. The molecule has 0 N–H and O–H groups in total. The maximum absolute atomic E-state index is 12.0. The van der Waals surface area contributed by atoms with E-state index in [1.807, 2.05) is 6.92 Å². The van der Waals surface area contributed by atoms with Gasteiger partial charge in [-0.05, 0) is 18.8 Å². The molecule has 2 rings (SSSR count).